The quantitative estimate of drug-likeness (QED) is 0.419. The first kappa shape index (κ1) is 27.3. The molecule has 39 heavy (non-hydrogen) atoms. The van der Waals surface area contributed by atoms with Gasteiger partial charge in [0, 0.05) is 30.6 Å². The number of rotatable bonds is 7. The van der Waals surface area contributed by atoms with Gasteiger partial charge in [-0.05, 0) is 68.9 Å². The summed E-state index contributed by atoms with van der Waals surface area (Å²) in [5.41, 5.74) is 6.72. The fourth-order valence-corrected chi connectivity index (χ4v) is 7.93. The molecule has 1 saturated heterocycles. The van der Waals surface area contributed by atoms with Crippen LogP contribution in [0.2, 0.25) is 0 Å². The summed E-state index contributed by atoms with van der Waals surface area (Å²) in [7, 11) is -2.23. The largest absolute Gasteiger partial charge is 0.495 e. The van der Waals surface area contributed by atoms with Crippen LogP contribution >= 0.6 is 0 Å². The number of aromatic nitrogens is 1. The van der Waals surface area contributed by atoms with Crippen molar-refractivity contribution in [3.63, 3.8) is 0 Å². The van der Waals surface area contributed by atoms with Crippen LogP contribution in [0.25, 0.3) is 10.9 Å². The third-order valence-corrected chi connectivity index (χ3v) is 10.9. The van der Waals surface area contributed by atoms with E-state index >= 15 is 4.39 Å². The number of nitrogens with zero attached hydrogens (tertiary/aromatic N) is 1. The van der Waals surface area contributed by atoms with Gasteiger partial charge in [-0.25, -0.2) is 12.8 Å². The molecule has 1 aromatic heterocycles. The highest BCUT2D eigenvalue weighted by molar-refractivity contribution is 7.93. The molecule has 2 aliphatic heterocycles. The lowest BCUT2D eigenvalue weighted by Gasteiger charge is -2.41. The first-order valence-electron chi connectivity index (χ1n) is 13.1. The zero-order valence-corrected chi connectivity index (χ0v) is 23.2. The van der Waals surface area contributed by atoms with Gasteiger partial charge in [0.15, 0.2) is 15.6 Å². The van der Waals surface area contributed by atoms with Gasteiger partial charge in [-0.1, -0.05) is 18.2 Å². The van der Waals surface area contributed by atoms with E-state index in [2.05, 4.69) is 9.98 Å². The van der Waals surface area contributed by atoms with Crippen molar-refractivity contribution in [3.05, 3.63) is 65.1 Å². The van der Waals surface area contributed by atoms with Crippen LogP contribution in [-0.4, -0.2) is 55.8 Å². The van der Waals surface area contributed by atoms with E-state index in [9.17, 15) is 13.2 Å². The number of ketones is 1. The Morgan fingerprint density at radius 1 is 1.21 bits per heavy atom. The van der Waals surface area contributed by atoms with Crippen LogP contribution in [0.1, 0.15) is 54.7 Å². The summed E-state index contributed by atoms with van der Waals surface area (Å²) in [5, 5.41) is 0.839. The van der Waals surface area contributed by atoms with E-state index in [0.717, 1.165) is 23.7 Å². The predicted molar refractivity (Wildman–Crippen MR) is 149 cm³/mol. The summed E-state index contributed by atoms with van der Waals surface area (Å²) in [5.74, 6) is -0.385. The SMILES string of the molecule is COc1cccc2cc(C(=O)Cc3ccc(F)c([C@]4(C)CS(=O)(=O)[C@@](C)(CC5CCOCC5)C(N)=N4)c3)[nH]c12. The van der Waals surface area contributed by atoms with Gasteiger partial charge in [0.05, 0.1) is 24.1 Å². The molecular weight excluding hydrogens is 521 g/mol. The molecule has 5 rings (SSSR count). The van der Waals surface area contributed by atoms with E-state index in [4.69, 9.17) is 15.2 Å². The topological polar surface area (TPSA) is 124 Å². The average molecular weight is 556 g/mol. The van der Waals surface area contributed by atoms with Gasteiger partial charge in [-0.3, -0.25) is 9.79 Å². The number of aromatic amines is 1. The molecule has 0 saturated carbocycles. The molecule has 0 unspecified atom stereocenters. The lowest BCUT2D eigenvalue weighted by molar-refractivity contribution is 0.0625. The number of hydrogen-bond donors (Lipinski definition) is 2. The predicted octanol–water partition coefficient (Wildman–Crippen LogP) is 4.32. The number of amidine groups is 1. The zero-order chi connectivity index (χ0) is 28.0. The third-order valence-electron chi connectivity index (χ3n) is 8.20. The highest BCUT2D eigenvalue weighted by Gasteiger charge is 2.53. The highest BCUT2D eigenvalue weighted by atomic mass is 32.2. The number of fused-ring (bicyclic) bond motifs is 1. The van der Waals surface area contributed by atoms with Crippen molar-refractivity contribution in [1.82, 2.24) is 4.98 Å². The number of nitrogens with two attached hydrogens (primary N) is 1. The Bertz CT molecular complexity index is 1560. The Labute approximate surface area is 227 Å². The number of H-pyrrole nitrogens is 1. The smallest absolute Gasteiger partial charge is 0.183 e. The normalized spacial score (nSPS) is 25.4. The minimum Gasteiger partial charge on any atom is -0.495 e. The second-order valence-corrected chi connectivity index (χ2v) is 13.5. The molecule has 10 heteroatoms. The highest BCUT2D eigenvalue weighted by Crippen LogP contribution is 2.42. The van der Waals surface area contributed by atoms with Gasteiger partial charge in [0.2, 0.25) is 0 Å². The van der Waals surface area contributed by atoms with E-state index in [-0.39, 0.29) is 35.3 Å². The number of carbonyl (C=O) groups is 1. The number of ether oxygens (including phenoxy) is 2. The maximum absolute atomic E-state index is 15.2. The van der Waals surface area contributed by atoms with Crippen LogP contribution in [0.5, 0.6) is 5.75 Å². The maximum atomic E-state index is 15.2. The Balaban J connectivity index is 1.44. The van der Waals surface area contributed by atoms with E-state index in [1.807, 2.05) is 12.1 Å². The Morgan fingerprint density at radius 2 is 1.95 bits per heavy atom. The summed E-state index contributed by atoms with van der Waals surface area (Å²) in [6.07, 6.45) is 1.88. The number of methoxy groups -OCH3 is 1. The van der Waals surface area contributed by atoms with Gasteiger partial charge in [-0.2, -0.15) is 0 Å². The van der Waals surface area contributed by atoms with E-state index in [1.165, 1.54) is 18.2 Å². The summed E-state index contributed by atoms with van der Waals surface area (Å²) < 4.78 is 52.0. The number of para-hydroxylation sites is 1. The van der Waals surface area contributed by atoms with Crippen LogP contribution in [0.3, 0.4) is 0 Å². The lowest BCUT2D eigenvalue weighted by Crippen LogP contribution is -2.57. The van der Waals surface area contributed by atoms with E-state index < -0.39 is 25.9 Å². The summed E-state index contributed by atoms with van der Waals surface area (Å²) in [6.45, 7) is 4.40. The molecule has 0 amide bonds. The second kappa shape index (κ2) is 10.1. The van der Waals surface area contributed by atoms with Crippen molar-refractivity contribution < 1.29 is 27.1 Å². The van der Waals surface area contributed by atoms with E-state index in [1.54, 1.807) is 33.1 Å². The molecule has 2 atom stereocenters. The molecule has 3 heterocycles. The van der Waals surface area contributed by atoms with Crippen molar-refractivity contribution in [1.29, 1.82) is 0 Å². The van der Waals surface area contributed by atoms with Crippen molar-refractivity contribution >= 4 is 32.4 Å². The van der Waals surface area contributed by atoms with Crippen LogP contribution in [0, 0.1) is 11.7 Å². The monoisotopic (exact) mass is 555 g/mol. The molecule has 208 valence electrons. The minimum absolute atomic E-state index is 0.00403. The number of benzene rings is 2. The lowest BCUT2D eigenvalue weighted by atomic mass is 9.87. The molecular formula is C29H34FN3O5S. The van der Waals surface area contributed by atoms with Crippen LogP contribution < -0.4 is 10.5 Å². The molecule has 3 aromatic rings. The number of sulfone groups is 1. The van der Waals surface area contributed by atoms with Crippen LogP contribution in [0.15, 0.2) is 47.5 Å². The number of aliphatic imine (C=N–C) groups is 1. The van der Waals surface area contributed by atoms with E-state index in [0.29, 0.717) is 36.6 Å². The molecule has 2 aliphatic rings. The Kier molecular flexibility index (Phi) is 7.05. The summed E-state index contributed by atoms with van der Waals surface area (Å²) in [4.78, 5) is 20.9. The zero-order valence-electron chi connectivity index (χ0n) is 22.4. The fourth-order valence-electron chi connectivity index (χ4n) is 5.80. The number of hydrogen-bond acceptors (Lipinski definition) is 7. The molecule has 0 bridgehead atoms. The molecule has 1 fully saturated rings. The molecule has 3 N–H and O–H groups in total. The van der Waals surface area contributed by atoms with Crippen molar-refractivity contribution in [2.45, 2.75) is 49.8 Å². The number of halogens is 1. The van der Waals surface area contributed by atoms with Gasteiger partial charge in [0.25, 0.3) is 0 Å². The first-order valence-corrected chi connectivity index (χ1v) is 14.7. The van der Waals surface area contributed by atoms with Crippen molar-refractivity contribution in [2.75, 3.05) is 26.1 Å². The standard InChI is InChI=1S/C29H34FN3O5S/c1-28(17-39(35,36)29(2,27(31)33-28)16-18-9-11-38-12-10-18)21-13-19(7-8-22(21)30)14-24(34)23-15-20-5-4-6-25(37-3)26(20)32-23/h4-8,13,15,18,32H,9-12,14,16-17H2,1-3H3,(H2,31,33)/t28-,29-/m0/s1. The van der Waals surface area contributed by atoms with Gasteiger partial charge < -0.3 is 20.2 Å². The van der Waals surface area contributed by atoms with Crippen LogP contribution in [0.4, 0.5) is 4.39 Å². The summed E-state index contributed by atoms with van der Waals surface area (Å²) >= 11 is 0. The molecule has 0 radical (unpaired) electrons. The fraction of sp³-hybridized carbons (Fsp3) is 0.448. The minimum atomic E-state index is -3.79. The molecule has 0 spiro atoms. The van der Waals surface area contributed by atoms with Crippen molar-refractivity contribution in [3.8, 4) is 5.75 Å². The second-order valence-electron chi connectivity index (χ2n) is 11.0. The van der Waals surface area contributed by atoms with Gasteiger partial charge in [0.1, 0.15) is 27.7 Å². The first-order chi connectivity index (χ1) is 18.5. The molecule has 8 nitrogen and oxygen atoms in total. The average Bonchev–Trinajstić information content (AvgIpc) is 3.34. The Hall–Kier alpha value is -3.24. The van der Waals surface area contributed by atoms with Crippen LogP contribution in [-0.2, 0) is 26.5 Å². The van der Waals surface area contributed by atoms with Crippen molar-refractivity contribution in [2.24, 2.45) is 16.6 Å². The summed E-state index contributed by atoms with van der Waals surface area (Å²) in [6, 6.07) is 11.6. The van der Waals surface area contributed by atoms with Gasteiger partial charge in [-0.15, -0.1) is 0 Å². The number of Topliss-reactive ketones (excluding diaryl/α,β-unsaturated/α-hetero) is 1. The third kappa shape index (κ3) is 4.96. The molecule has 2 aromatic carbocycles. The molecule has 0 aliphatic carbocycles. The Morgan fingerprint density at radius 3 is 2.64 bits per heavy atom. The number of carbonyl (C=O) groups excluding carboxylic acids is 1. The van der Waals surface area contributed by atoms with Gasteiger partial charge >= 0.3 is 0 Å². The maximum Gasteiger partial charge on any atom is 0.183 e. The number of nitrogens with one attached hydrogen (secondary N) is 1.